The zero-order chi connectivity index (χ0) is 24.1. The minimum atomic E-state index is -0.317. The number of benzene rings is 2. The van der Waals surface area contributed by atoms with Crippen LogP contribution in [0.4, 0.5) is 11.5 Å². The first-order valence-electron chi connectivity index (χ1n) is 11.5. The molecule has 4 aromatic rings. The average molecular weight is 476 g/mol. The van der Waals surface area contributed by atoms with Crippen molar-refractivity contribution >= 4 is 39.0 Å². The smallest absolute Gasteiger partial charge is 0.338 e. The molecule has 0 aliphatic heterocycles. The Morgan fingerprint density at radius 2 is 1.85 bits per heavy atom. The lowest BCUT2D eigenvalue weighted by Gasteiger charge is -2.12. The van der Waals surface area contributed by atoms with Crippen LogP contribution in [0.3, 0.4) is 0 Å². The Hall–Kier alpha value is -3.45. The quantitative estimate of drug-likeness (QED) is 0.206. The van der Waals surface area contributed by atoms with Crippen molar-refractivity contribution in [3.8, 4) is 16.9 Å². The number of carbonyl (C=O) groups excluding carboxylic acids is 1. The fourth-order valence-electron chi connectivity index (χ4n) is 3.79. The molecule has 176 valence electrons. The third-order valence-electron chi connectivity index (χ3n) is 5.39. The Bertz CT molecular complexity index is 1300. The molecule has 0 fully saturated rings. The number of nitrogens with one attached hydrogen (secondary N) is 1. The molecule has 7 heteroatoms. The summed E-state index contributed by atoms with van der Waals surface area (Å²) in [4.78, 5) is 23.9. The topological polar surface area (TPSA) is 73.3 Å². The number of ether oxygens (including phenoxy) is 2. The number of esters is 1. The van der Waals surface area contributed by atoms with E-state index in [-0.39, 0.29) is 5.97 Å². The van der Waals surface area contributed by atoms with Crippen LogP contribution < -0.4 is 10.1 Å². The summed E-state index contributed by atoms with van der Waals surface area (Å²) in [6.07, 6.45) is 1.84. The van der Waals surface area contributed by atoms with Crippen molar-refractivity contribution in [2.75, 3.05) is 18.5 Å². The zero-order valence-corrected chi connectivity index (χ0v) is 20.8. The molecule has 0 unspecified atom stereocenters. The third kappa shape index (κ3) is 5.20. The largest absolute Gasteiger partial charge is 0.494 e. The number of aryl methyl sites for hydroxylation is 2. The second-order valence-electron chi connectivity index (χ2n) is 7.99. The van der Waals surface area contributed by atoms with Crippen LogP contribution in [0, 0.1) is 13.8 Å². The summed E-state index contributed by atoms with van der Waals surface area (Å²) in [6.45, 7) is 9.09. The van der Waals surface area contributed by atoms with Crippen molar-refractivity contribution in [1.82, 2.24) is 9.97 Å². The molecule has 2 aromatic heterocycles. The molecule has 0 amide bonds. The zero-order valence-electron chi connectivity index (χ0n) is 20.0. The van der Waals surface area contributed by atoms with E-state index in [0.29, 0.717) is 30.4 Å². The molecule has 34 heavy (non-hydrogen) atoms. The Labute approximate surface area is 204 Å². The third-order valence-corrected chi connectivity index (χ3v) is 6.38. The van der Waals surface area contributed by atoms with Crippen LogP contribution in [0.1, 0.15) is 47.7 Å². The number of rotatable bonds is 9. The highest BCUT2D eigenvalue weighted by molar-refractivity contribution is 7.19. The van der Waals surface area contributed by atoms with Crippen LogP contribution >= 0.6 is 11.3 Å². The molecule has 2 heterocycles. The maximum Gasteiger partial charge on any atom is 0.338 e. The highest BCUT2D eigenvalue weighted by Gasteiger charge is 2.18. The molecule has 0 saturated heterocycles. The number of carbonyl (C=O) groups is 1. The molecule has 0 spiro atoms. The van der Waals surface area contributed by atoms with E-state index >= 15 is 0 Å². The van der Waals surface area contributed by atoms with Gasteiger partial charge in [0.05, 0.1) is 24.2 Å². The van der Waals surface area contributed by atoms with E-state index in [4.69, 9.17) is 14.5 Å². The van der Waals surface area contributed by atoms with Crippen LogP contribution in [-0.2, 0) is 4.74 Å². The lowest BCUT2D eigenvalue weighted by atomic mass is 10.0. The van der Waals surface area contributed by atoms with Gasteiger partial charge in [-0.1, -0.05) is 31.5 Å². The fourth-order valence-corrected chi connectivity index (χ4v) is 4.88. The van der Waals surface area contributed by atoms with Gasteiger partial charge in [-0.3, -0.25) is 0 Å². The first-order valence-corrected chi connectivity index (χ1v) is 12.4. The van der Waals surface area contributed by atoms with Crippen LogP contribution in [0.2, 0.25) is 0 Å². The van der Waals surface area contributed by atoms with Gasteiger partial charge in [-0.05, 0) is 63.1 Å². The molecule has 0 bridgehead atoms. The molecule has 4 rings (SSSR count). The first kappa shape index (κ1) is 23.7. The van der Waals surface area contributed by atoms with Gasteiger partial charge in [0, 0.05) is 16.1 Å². The van der Waals surface area contributed by atoms with Crippen LogP contribution in [-0.4, -0.2) is 29.2 Å². The van der Waals surface area contributed by atoms with Crippen molar-refractivity contribution < 1.29 is 14.3 Å². The lowest BCUT2D eigenvalue weighted by molar-refractivity contribution is 0.0500. The molecule has 0 aliphatic rings. The summed E-state index contributed by atoms with van der Waals surface area (Å²) < 4.78 is 11.0. The molecule has 1 N–H and O–H groups in total. The summed E-state index contributed by atoms with van der Waals surface area (Å²) >= 11 is 1.65. The summed E-state index contributed by atoms with van der Waals surface area (Å²) in [5.74, 6) is 1.93. The predicted molar refractivity (Wildman–Crippen MR) is 138 cm³/mol. The molecule has 0 saturated carbocycles. The van der Waals surface area contributed by atoms with Gasteiger partial charge in [-0.15, -0.1) is 11.3 Å². The fraction of sp³-hybridized carbons (Fsp3) is 0.296. The summed E-state index contributed by atoms with van der Waals surface area (Å²) in [5.41, 5.74) is 3.46. The van der Waals surface area contributed by atoms with Gasteiger partial charge in [-0.25, -0.2) is 14.8 Å². The SMILES string of the molecule is CCCCOC(=O)c1cccc(Nc2nc(C)nc3sc(C)c(-c4ccc(OCC)cc4)c23)c1. The normalized spacial score (nSPS) is 10.9. The second-order valence-corrected chi connectivity index (χ2v) is 9.19. The Balaban J connectivity index is 1.71. The van der Waals surface area contributed by atoms with Crippen molar-refractivity contribution in [3.63, 3.8) is 0 Å². The number of nitrogens with zero attached hydrogens (tertiary/aromatic N) is 2. The van der Waals surface area contributed by atoms with E-state index in [1.807, 2.05) is 38.1 Å². The van der Waals surface area contributed by atoms with Gasteiger partial charge in [0.1, 0.15) is 22.2 Å². The van der Waals surface area contributed by atoms with E-state index in [1.54, 1.807) is 23.5 Å². The van der Waals surface area contributed by atoms with Crippen LogP contribution in [0.25, 0.3) is 21.3 Å². The number of fused-ring (bicyclic) bond motifs is 1. The maximum absolute atomic E-state index is 12.4. The number of hydrogen-bond acceptors (Lipinski definition) is 7. The number of anilines is 2. The van der Waals surface area contributed by atoms with Gasteiger partial charge in [0.25, 0.3) is 0 Å². The highest BCUT2D eigenvalue weighted by Crippen LogP contribution is 2.41. The van der Waals surface area contributed by atoms with E-state index in [1.165, 1.54) is 0 Å². The van der Waals surface area contributed by atoms with Gasteiger partial charge >= 0.3 is 5.97 Å². The van der Waals surface area contributed by atoms with E-state index < -0.39 is 0 Å². The number of aromatic nitrogens is 2. The Morgan fingerprint density at radius 1 is 1.06 bits per heavy atom. The van der Waals surface area contributed by atoms with Crippen molar-refractivity contribution in [3.05, 3.63) is 64.8 Å². The maximum atomic E-state index is 12.4. The van der Waals surface area contributed by atoms with Crippen molar-refractivity contribution in [2.45, 2.75) is 40.5 Å². The molecular formula is C27H29N3O3S. The summed E-state index contributed by atoms with van der Waals surface area (Å²) in [6, 6.07) is 15.4. The van der Waals surface area contributed by atoms with E-state index in [2.05, 4.69) is 36.3 Å². The number of thiophene rings is 1. The molecule has 0 atom stereocenters. The molecule has 2 aromatic carbocycles. The second kappa shape index (κ2) is 10.7. The first-order chi connectivity index (χ1) is 16.5. The van der Waals surface area contributed by atoms with Gasteiger partial charge in [0.15, 0.2) is 0 Å². The Kier molecular flexibility index (Phi) is 7.43. The van der Waals surface area contributed by atoms with E-state index in [9.17, 15) is 4.79 Å². The van der Waals surface area contributed by atoms with Crippen LogP contribution in [0.15, 0.2) is 48.5 Å². The standard InChI is InChI=1S/C27H29N3O3S/c1-5-7-15-33-27(31)20-9-8-10-21(16-20)30-25-24-23(17(3)34-26(24)29-18(4)28-25)19-11-13-22(14-12-19)32-6-2/h8-14,16H,5-7,15H2,1-4H3,(H,28,29,30). The summed E-state index contributed by atoms with van der Waals surface area (Å²) in [7, 11) is 0. The molecular weight excluding hydrogens is 446 g/mol. The monoisotopic (exact) mass is 475 g/mol. The van der Waals surface area contributed by atoms with E-state index in [0.717, 1.165) is 50.5 Å². The van der Waals surface area contributed by atoms with Gasteiger partial charge in [-0.2, -0.15) is 0 Å². The molecule has 0 radical (unpaired) electrons. The minimum Gasteiger partial charge on any atom is -0.494 e. The average Bonchev–Trinajstić information content (AvgIpc) is 3.15. The molecule has 0 aliphatic carbocycles. The summed E-state index contributed by atoms with van der Waals surface area (Å²) in [5, 5.41) is 4.39. The number of hydrogen-bond donors (Lipinski definition) is 1. The van der Waals surface area contributed by atoms with Crippen molar-refractivity contribution in [1.29, 1.82) is 0 Å². The lowest BCUT2D eigenvalue weighted by Crippen LogP contribution is -2.07. The minimum absolute atomic E-state index is 0.317. The Morgan fingerprint density at radius 3 is 2.59 bits per heavy atom. The van der Waals surface area contributed by atoms with Gasteiger partial charge < -0.3 is 14.8 Å². The predicted octanol–water partition coefficient (Wildman–Crippen LogP) is 7.07. The van der Waals surface area contributed by atoms with Crippen LogP contribution in [0.5, 0.6) is 5.75 Å². The number of unbranched alkanes of at least 4 members (excludes halogenated alkanes) is 1. The highest BCUT2D eigenvalue weighted by atomic mass is 32.1. The van der Waals surface area contributed by atoms with Crippen molar-refractivity contribution in [2.24, 2.45) is 0 Å². The van der Waals surface area contributed by atoms with Gasteiger partial charge in [0.2, 0.25) is 0 Å². The molecule has 6 nitrogen and oxygen atoms in total.